The summed E-state index contributed by atoms with van der Waals surface area (Å²) in [7, 11) is 0. The molecule has 21 heavy (non-hydrogen) atoms. The predicted molar refractivity (Wildman–Crippen MR) is 83.8 cm³/mol. The summed E-state index contributed by atoms with van der Waals surface area (Å²) in [6.07, 6.45) is 1.70. The minimum absolute atomic E-state index is 0.0953. The number of aryl methyl sites for hydroxylation is 1. The molecule has 0 atom stereocenters. The lowest BCUT2D eigenvalue weighted by Gasteiger charge is -2.11. The highest BCUT2D eigenvalue weighted by atomic mass is 35.5. The standard InChI is InChI=1S/C14H15ClN2O3S/c1-7(2)17-6-9(15)5-10(17)13(18)16-11-4-8(3)12(21-11)14(19)20/h4-7H,1-3H3,(H,16,18)(H,19,20). The summed E-state index contributed by atoms with van der Waals surface area (Å²) in [5.74, 6) is -1.31. The Labute approximate surface area is 131 Å². The van der Waals surface area contributed by atoms with Gasteiger partial charge in [0.1, 0.15) is 10.6 Å². The quantitative estimate of drug-likeness (QED) is 0.890. The summed E-state index contributed by atoms with van der Waals surface area (Å²) in [5, 5.41) is 12.7. The maximum Gasteiger partial charge on any atom is 0.346 e. The van der Waals surface area contributed by atoms with Crippen molar-refractivity contribution in [1.82, 2.24) is 4.57 Å². The first-order valence-electron chi connectivity index (χ1n) is 6.32. The number of carboxylic acids is 1. The topological polar surface area (TPSA) is 71.3 Å². The van der Waals surface area contributed by atoms with Gasteiger partial charge in [-0.3, -0.25) is 4.79 Å². The van der Waals surface area contributed by atoms with Crippen LogP contribution in [0.4, 0.5) is 5.00 Å². The minimum Gasteiger partial charge on any atom is -0.477 e. The van der Waals surface area contributed by atoms with Crippen LogP contribution in [0.25, 0.3) is 0 Å². The van der Waals surface area contributed by atoms with E-state index in [1.807, 2.05) is 13.8 Å². The maximum atomic E-state index is 12.3. The molecule has 0 aromatic carbocycles. The van der Waals surface area contributed by atoms with E-state index in [4.69, 9.17) is 16.7 Å². The Morgan fingerprint density at radius 2 is 2.05 bits per heavy atom. The number of amides is 1. The van der Waals surface area contributed by atoms with Crippen molar-refractivity contribution in [2.24, 2.45) is 0 Å². The van der Waals surface area contributed by atoms with Crippen LogP contribution in [-0.2, 0) is 0 Å². The van der Waals surface area contributed by atoms with E-state index in [0.717, 1.165) is 11.3 Å². The number of hydrogen-bond donors (Lipinski definition) is 2. The number of aromatic nitrogens is 1. The number of carbonyl (C=O) groups is 2. The third-order valence-electron chi connectivity index (χ3n) is 2.95. The number of anilines is 1. The van der Waals surface area contributed by atoms with Crippen LogP contribution >= 0.6 is 22.9 Å². The van der Waals surface area contributed by atoms with Gasteiger partial charge in [0, 0.05) is 12.2 Å². The lowest BCUT2D eigenvalue weighted by Crippen LogP contribution is -2.17. The fourth-order valence-corrected chi connectivity index (χ4v) is 3.10. The van der Waals surface area contributed by atoms with Crippen molar-refractivity contribution < 1.29 is 14.7 Å². The van der Waals surface area contributed by atoms with Gasteiger partial charge in [-0.25, -0.2) is 4.79 Å². The molecule has 0 aliphatic heterocycles. The van der Waals surface area contributed by atoms with Crippen LogP contribution in [0.3, 0.4) is 0 Å². The van der Waals surface area contributed by atoms with Gasteiger partial charge >= 0.3 is 5.97 Å². The molecule has 2 heterocycles. The second-order valence-corrected chi connectivity index (χ2v) is 6.42. The van der Waals surface area contributed by atoms with Gasteiger partial charge in [-0.05, 0) is 38.5 Å². The number of nitrogens with zero attached hydrogens (tertiary/aromatic N) is 1. The van der Waals surface area contributed by atoms with Crippen LogP contribution in [0, 0.1) is 6.92 Å². The molecular formula is C14H15ClN2O3S. The van der Waals surface area contributed by atoms with Crippen LogP contribution in [0.15, 0.2) is 18.3 Å². The van der Waals surface area contributed by atoms with E-state index in [0.29, 0.717) is 21.3 Å². The van der Waals surface area contributed by atoms with Crippen molar-refractivity contribution in [3.63, 3.8) is 0 Å². The Morgan fingerprint density at radius 1 is 1.38 bits per heavy atom. The molecule has 2 aromatic rings. The Kier molecular flexibility index (Phi) is 4.39. The fraction of sp³-hybridized carbons (Fsp3) is 0.286. The molecule has 7 heteroatoms. The normalized spacial score (nSPS) is 10.9. The highest BCUT2D eigenvalue weighted by Gasteiger charge is 2.18. The number of carboxylic acid groups (broad SMARTS) is 1. The molecule has 2 aromatic heterocycles. The zero-order chi connectivity index (χ0) is 15.7. The Bertz CT molecular complexity index is 703. The second kappa shape index (κ2) is 5.91. The van der Waals surface area contributed by atoms with E-state index in [2.05, 4.69) is 5.32 Å². The SMILES string of the molecule is Cc1cc(NC(=O)c2cc(Cl)cn2C(C)C)sc1C(=O)O. The van der Waals surface area contributed by atoms with Crippen molar-refractivity contribution >= 4 is 39.8 Å². The van der Waals surface area contributed by atoms with Crippen LogP contribution in [0.2, 0.25) is 5.02 Å². The van der Waals surface area contributed by atoms with Gasteiger partial charge in [-0.15, -0.1) is 11.3 Å². The second-order valence-electron chi connectivity index (χ2n) is 4.93. The molecule has 0 unspecified atom stereocenters. The highest BCUT2D eigenvalue weighted by Crippen LogP contribution is 2.27. The number of rotatable bonds is 4. The molecule has 112 valence electrons. The lowest BCUT2D eigenvalue weighted by molar-refractivity contribution is 0.0701. The monoisotopic (exact) mass is 326 g/mol. The van der Waals surface area contributed by atoms with E-state index in [9.17, 15) is 9.59 Å². The first-order valence-corrected chi connectivity index (χ1v) is 7.51. The largest absolute Gasteiger partial charge is 0.477 e. The average Bonchev–Trinajstić information content (AvgIpc) is 2.92. The molecule has 0 fully saturated rings. The third kappa shape index (κ3) is 3.28. The summed E-state index contributed by atoms with van der Waals surface area (Å²) in [6.45, 7) is 5.60. The van der Waals surface area contributed by atoms with Crippen molar-refractivity contribution in [2.45, 2.75) is 26.8 Å². The van der Waals surface area contributed by atoms with Gasteiger partial charge in [-0.1, -0.05) is 11.6 Å². The summed E-state index contributed by atoms with van der Waals surface area (Å²) >= 11 is 6.99. The van der Waals surface area contributed by atoms with Gasteiger partial charge < -0.3 is 15.0 Å². The molecule has 0 spiro atoms. The molecule has 0 aliphatic carbocycles. The molecule has 0 aliphatic rings. The minimum atomic E-state index is -0.994. The average molecular weight is 327 g/mol. The molecule has 0 bridgehead atoms. The Balaban J connectivity index is 2.26. The van der Waals surface area contributed by atoms with E-state index in [1.54, 1.807) is 29.8 Å². The van der Waals surface area contributed by atoms with E-state index in [-0.39, 0.29) is 16.8 Å². The number of thiophene rings is 1. The molecule has 5 nitrogen and oxygen atoms in total. The molecule has 0 saturated carbocycles. The first kappa shape index (κ1) is 15.6. The van der Waals surface area contributed by atoms with E-state index >= 15 is 0 Å². The maximum absolute atomic E-state index is 12.3. The van der Waals surface area contributed by atoms with Gasteiger partial charge in [0.25, 0.3) is 5.91 Å². The van der Waals surface area contributed by atoms with Crippen molar-refractivity contribution in [1.29, 1.82) is 0 Å². The molecule has 0 radical (unpaired) electrons. The highest BCUT2D eigenvalue weighted by molar-refractivity contribution is 7.18. The van der Waals surface area contributed by atoms with Gasteiger partial charge in [0.15, 0.2) is 0 Å². The molecule has 2 N–H and O–H groups in total. The number of aromatic carboxylic acids is 1. The molecule has 2 rings (SSSR count). The zero-order valence-corrected chi connectivity index (χ0v) is 13.4. The van der Waals surface area contributed by atoms with Crippen LogP contribution < -0.4 is 5.32 Å². The lowest BCUT2D eigenvalue weighted by atomic mass is 10.3. The summed E-state index contributed by atoms with van der Waals surface area (Å²) in [6, 6.07) is 3.34. The smallest absolute Gasteiger partial charge is 0.346 e. The number of carbonyl (C=O) groups excluding carboxylic acids is 1. The van der Waals surface area contributed by atoms with Crippen LogP contribution in [0.1, 0.15) is 45.6 Å². The number of nitrogens with one attached hydrogen (secondary N) is 1. The van der Waals surface area contributed by atoms with Crippen LogP contribution in [-0.4, -0.2) is 21.6 Å². The molecular weight excluding hydrogens is 312 g/mol. The Morgan fingerprint density at radius 3 is 2.57 bits per heavy atom. The predicted octanol–water partition coefficient (Wildman–Crippen LogP) is 4.04. The number of hydrogen-bond acceptors (Lipinski definition) is 3. The van der Waals surface area contributed by atoms with E-state index < -0.39 is 5.97 Å². The summed E-state index contributed by atoms with van der Waals surface area (Å²) < 4.78 is 1.77. The third-order valence-corrected chi connectivity index (χ3v) is 4.30. The van der Waals surface area contributed by atoms with Gasteiger partial charge in [0.05, 0.1) is 10.0 Å². The Hall–Kier alpha value is -1.79. The van der Waals surface area contributed by atoms with Crippen molar-refractivity contribution in [3.8, 4) is 0 Å². The molecule has 1 amide bonds. The number of halogens is 1. The summed E-state index contributed by atoms with van der Waals surface area (Å²) in [5.41, 5.74) is 1.07. The fourth-order valence-electron chi connectivity index (χ4n) is 1.99. The zero-order valence-electron chi connectivity index (χ0n) is 11.8. The molecule has 0 saturated heterocycles. The van der Waals surface area contributed by atoms with Crippen LogP contribution in [0.5, 0.6) is 0 Å². The van der Waals surface area contributed by atoms with Crippen molar-refractivity contribution in [2.75, 3.05) is 5.32 Å². The van der Waals surface area contributed by atoms with Gasteiger partial charge in [0.2, 0.25) is 0 Å². The van der Waals surface area contributed by atoms with Gasteiger partial charge in [-0.2, -0.15) is 0 Å². The summed E-state index contributed by atoms with van der Waals surface area (Å²) in [4.78, 5) is 23.6. The van der Waals surface area contributed by atoms with Crippen molar-refractivity contribution in [3.05, 3.63) is 39.5 Å². The van der Waals surface area contributed by atoms with E-state index in [1.165, 1.54) is 0 Å². The first-order chi connectivity index (χ1) is 9.79.